The molecular weight excluding hydrogens is 517 g/mol. The highest BCUT2D eigenvalue weighted by molar-refractivity contribution is 6.33. The Morgan fingerprint density at radius 3 is 2.62 bits per heavy atom. The van der Waals surface area contributed by atoms with Gasteiger partial charge in [-0.2, -0.15) is 0 Å². The second-order valence-corrected chi connectivity index (χ2v) is 10.7. The Morgan fingerprint density at radius 2 is 1.85 bits per heavy atom. The van der Waals surface area contributed by atoms with Gasteiger partial charge in [-0.05, 0) is 26.0 Å². The number of nitrogens with zero attached hydrogens (tertiary/aromatic N) is 5. The molecule has 0 amide bonds. The third-order valence-corrected chi connectivity index (χ3v) is 8.24. The van der Waals surface area contributed by atoms with Crippen LogP contribution in [-0.4, -0.2) is 84.2 Å². The topological polar surface area (TPSA) is 72.6 Å². The quantitative estimate of drug-likeness (QED) is 0.334. The van der Waals surface area contributed by atoms with Crippen molar-refractivity contribution in [1.82, 2.24) is 24.8 Å². The van der Waals surface area contributed by atoms with E-state index in [1.165, 1.54) is 6.07 Å². The maximum Gasteiger partial charge on any atom is 0.227 e. The van der Waals surface area contributed by atoms with Gasteiger partial charge in [0.2, 0.25) is 5.95 Å². The summed E-state index contributed by atoms with van der Waals surface area (Å²) < 4.78 is 21.1. The Bertz CT molecular complexity index is 1460. The molecule has 0 aliphatic carbocycles. The van der Waals surface area contributed by atoms with Gasteiger partial charge < -0.3 is 24.8 Å². The van der Waals surface area contributed by atoms with Crippen molar-refractivity contribution in [2.24, 2.45) is 0 Å². The zero-order valence-electron chi connectivity index (χ0n) is 22.3. The van der Waals surface area contributed by atoms with Crippen LogP contribution in [0.4, 0.5) is 21.7 Å². The molecule has 2 aliphatic heterocycles. The monoisotopic (exact) mass is 549 g/mol. The number of piperidine rings is 1. The lowest BCUT2D eigenvalue weighted by molar-refractivity contribution is 0.0981. The van der Waals surface area contributed by atoms with Crippen LogP contribution in [0.1, 0.15) is 12.8 Å². The number of halogens is 2. The van der Waals surface area contributed by atoms with Gasteiger partial charge in [0, 0.05) is 80.1 Å². The third kappa shape index (κ3) is 5.26. The van der Waals surface area contributed by atoms with Crippen molar-refractivity contribution in [2.75, 3.05) is 63.6 Å². The molecule has 8 nitrogen and oxygen atoms in total. The van der Waals surface area contributed by atoms with Gasteiger partial charge in [-0.1, -0.05) is 29.8 Å². The molecule has 4 heterocycles. The van der Waals surface area contributed by atoms with E-state index in [0.29, 0.717) is 39.8 Å². The molecule has 2 N–H and O–H groups in total. The second-order valence-electron chi connectivity index (χ2n) is 10.3. The summed E-state index contributed by atoms with van der Waals surface area (Å²) >= 11 is 6.49. The Morgan fingerprint density at radius 1 is 1.08 bits per heavy atom. The number of fused-ring (bicyclic) bond motifs is 1. The fourth-order valence-electron chi connectivity index (χ4n) is 5.71. The lowest BCUT2D eigenvalue weighted by Gasteiger charge is -2.42. The number of anilines is 3. The number of methoxy groups -OCH3 is 1. The van der Waals surface area contributed by atoms with Gasteiger partial charge in [-0.3, -0.25) is 4.90 Å². The molecule has 0 spiro atoms. The molecule has 0 unspecified atom stereocenters. The lowest BCUT2D eigenvalue weighted by Crippen LogP contribution is -2.52. The summed E-state index contributed by atoms with van der Waals surface area (Å²) in [5.74, 6) is 0.528. The fourth-order valence-corrected chi connectivity index (χ4v) is 5.91. The average molecular weight is 550 g/mol. The number of benzene rings is 2. The third-order valence-electron chi connectivity index (χ3n) is 7.96. The van der Waals surface area contributed by atoms with E-state index in [0.717, 1.165) is 68.6 Å². The van der Waals surface area contributed by atoms with Crippen LogP contribution >= 0.6 is 11.6 Å². The van der Waals surface area contributed by atoms with Crippen molar-refractivity contribution < 1.29 is 9.13 Å². The molecule has 6 rings (SSSR count). The molecule has 0 atom stereocenters. The van der Waals surface area contributed by atoms with Crippen LogP contribution in [0.3, 0.4) is 0 Å². The number of aromatic nitrogens is 3. The van der Waals surface area contributed by atoms with Crippen LogP contribution in [-0.2, 0) is 0 Å². The van der Waals surface area contributed by atoms with E-state index in [1.54, 1.807) is 19.4 Å². The Hall–Kier alpha value is -3.40. The standard InChI is InChI=1S/C29H33ClFN7O/c1-36-11-13-37(14-12-36)19-7-9-38(10-8-19)26-16-27(39-2)25(15-23(26)31)34-29-33-18-22(30)28(35-29)21-17-32-24-6-4-3-5-20(21)24/h3-6,15-19,32H,7-14H2,1-2H3,(H,33,34,35). The van der Waals surface area contributed by atoms with Crippen LogP contribution in [0.25, 0.3) is 22.2 Å². The first kappa shape index (κ1) is 25.9. The van der Waals surface area contributed by atoms with E-state index in [2.05, 4.69) is 42.0 Å². The minimum atomic E-state index is -0.304. The van der Waals surface area contributed by atoms with Crippen molar-refractivity contribution in [3.8, 4) is 17.0 Å². The number of hydrogen-bond acceptors (Lipinski definition) is 7. The van der Waals surface area contributed by atoms with Gasteiger partial charge in [0.1, 0.15) is 11.6 Å². The van der Waals surface area contributed by atoms with E-state index in [4.69, 9.17) is 16.3 Å². The van der Waals surface area contributed by atoms with Crippen molar-refractivity contribution >= 4 is 39.8 Å². The summed E-state index contributed by atoms with van der Waals surface area (Å²) in [7, 11) is 3.76. The number of hydrogen-bond donors (Lipinski definition) is 2. The molecule has 2 fully saturated rings. The normalized spacial score (nSPS) is 17.6. The first-order valence-corrected chi connectivity index (χ1v) is 13.8. The highest BCUT2D eigenvalue weighted by Crippen LogP contribution is 2.37. The highest BCUT2D eigenvalue weighted by atomic mass is 35.5. The smallest absolute Gasteiger partial charge is 0.227 e. The molecule has 10 heteroatoms. The van der Waals surface area contributed by atoms with Gasteiger partial charge in [0.25, 0.3) is 0 Å². The summed E-state index contributed by atoms with van der Waals surface area (Å²) in [5, 5.41) is 4.58. The van der Waals surface area contributed by atoms with Gasteiger partial charge in [-0.25, -0.2) is 14.4 Å². The first-order chi connectivity index (χ1) is 19.0. The van der Waals surface area contributed by atoms with Gasteiger partial charge in [-0.15, -0.1) is 0 Å². The fraction of sp³-hybridized carbons (Fsp3) is 0.379. The number of piperazine rings is 1. The Labute approximate surface area is 232 Å². The van der Waals surface area contributed by atoms with Gasteiger partial charge in [0.05, 0.1) is 35.4 Å². The largest absolute Gasteiger partial charge is 0.494 e. The zero-order valence-corrected chi connectivity index (χ0v) is 23.0. The van der Waals surface area contributed by atoms with E-state index in [1.807, 2.05) is 30.5 Å². The predicted molar refractivity (Wildman–Crippen MR) is 155 cm³/mol. The number of ether oxygens (including phenoxy) is 1. The van der Waals surface area contributed by atoms with E-state index in [9.17, 15) is 0 Å². The summed E-state index contributed by atoms with van der Waals surface area (Å²) in [5.41, 5.74) is 3.47. The summed E-state index contributed by atoms with van der Waals surface area (Å²) in [6, 6.07) is 11.7. The number of likely N-dealkylation sites (N-methyl/N-ethyl adjacent to an activating group) is 1. The lowest BCUT2D eigenvalue weighted by atomic mass is 10.0. The van der Waals surface area contributed by atoms with Crippen LogP contribution < -0.4 is 15.0 Å². The molecule has 0 radical (unpaired) electrons. The number of nitrogens with one attached hydrogen (secondary N) is 2. The van der Waals surface area contributed by atoms with Crippen molar-refractivity contribution in [1.29, 1.82) is 0 Å². The van der Waals surface area contributed by atoms with Crippen LogP contribution in [0, 0.1) is 5.82 Å². The molecule has 0 bridgehead atoms. The van der Waals surface area contributed by atoms with Crippen molar-refractivity contribution in [2.45, 2.75) is 18.9 Å². The summed E-state index contributed by atoms with van der Waals surface area (Å²) in [4.78, 5) is 19.4. The number of para-hydroxylation sites is 1. The summed E-state index contributed by atoms with van der Waals surface area (Å²) in [6.07, 6.45) is 5.49. The highest BCUT2D eigenvalue weighted by Gasteiger charge is 2.28. The van der Waals surface area contributed by atoms with E-state index in [-0.39, 0.29) is 5.82 Å². The number of aromatic amines is 1. The van der Waals surface area contributed by atoms with E-state index >= 15 is 4.39 Å². The minimum absolute atomic E-state index is 0.304. The molecule has 0 saturated carbocycles. The maximum atomic E-state index is 15.5. The molecular formula is C29H33ClFN7O. The van der Waals surface area contributed by atoms with Crippen molar-refractivity contribution in [3.63, 3.8) is 0 Å². The van der Waals surface area contributed by atoms with Crippen LogP contribution in [0.15, 0.2) is 48.8 Å². The molecule has 2 saturated heterocycles. The zero-order chi connectivity index (χ0) is 26.9. The Kier molecular flexibility index (Phi) is 7.29. The molecule has 2 aliphatic rings. The predicted octanol–water partition coefficient (Wildman–Crippen LogP) is 5.39. The molecule has 4 aromatic rings. The van der Waals surface area contributed by atoms with Crippen LogP contribution in [0.5, 0.6) is 5.75 Å². The number of H-pyrrole nitrogens is 1. The number of rotatable bonds is 6. The Balaban J connectivity index is 1.20. The SMILES string of the molecule is COc1cc(N2CCC(N3CCN(C)CC3)CC2)c(F)cc1Nc1ncc(Cl)c(-c2c[nH]c3ccccc23)n1. The first-order valence-electron chi connectivity index (χ1n) is 13.4. The van der Waals surface area contributed by atoms with Crippen molar-refractivity contribution in [3.05, 3.63) is 59.6 Å². The molecule has 204 valence electrons. The van der Waals surface area contributed by atoms with E-state index < -0.39 is 0 Å². The minimum Gasteiger partial charge on any atom is -0.494 e. The molecule has 39 heavy (non-hydrogen) atoms. The van der Waals surface area contributed by atoms with Crippen LogP contribution in [0.2, 0.25) is 5.02 Å². The summed E-state index contributed by atoms with van der Waals surface area (Å²) in [6.45, 7) is 6.08. The second kappa shape index (κ2) is 11.0. The van der Waals surface area contributed by atoms with Gasteiger partial charge >= 0.3 is 0 Å². The average Bonchev–Trinajstić information content (AvgIpc) is 3.39. The maximum absolute atomic E-state index is 15.5. The molecule has 2 aromatic carbocycles. The molecule has 2 aromatic heterocycles. The van der Waals surface area contributed by atoms with Gasteiger partial charge in [0.15, 0.2) is 0 Å².